The molecule has 0 aliphatic heterocycles. The number of anilines is 3. The van der Waals surface area contributed by atoms with Gasteiger partial charge in [-0.05, 0) is 102 Å². The summed E-state index contributed by atoms with van der Waals surface area (Å²) in [5.74, 6) is 0. The monoisotopic (exact) mass is 740 g/mol. The highest BCUT2D eigenvalue weighted by atomic mass is 32.1. The topological polar surface area (TPSA) is 16.1 Å². The van der Waals surface area contributed by atoms with Gasteiger partial charge in [0.05, 0.1) is 16.0 Å². The third-order valence-corrected chi connectivity index (χ3v) is 13.7. The summed E-state index contributed by atoms with van der Waals surface area (Å²) in [7, 11) is 0. The summed E-state index contributed by atoms with van der Waals surface area (Å²) in [4.78, 5) is 9.08. The molecule has 57 heavy (non-hydrogen) atoms. The predicted molar refractivity (Wildman–Crippen MR) is 238 cm³/mol. The molecule has 0 N–H and O–H groups in total. The van der Waals surface area contributed by atoms with Crippen LogP contribution >= 0.6 is 11.3 Å². The molecule has 0 radical (unpaired) electrons. The second kappa shape index (κ2) is 11.5. The molecule has 3 aliphatic carbocycles. The second-order valence-electron chi connectivity index (χ2n) is 15.4. The Morgan fingerprint density at radius 3 is 1.70 bits per heavy atom. The maximum atomic E-state index is 5.38. The Labute approximate surface area is 334 Å². The van der Waals surface area contributed by atoms with Gasteiger partial charge in [0.1, 0.15) is 5.01 Å². The molecule has 0 unspecified atom stereocenters. The summed E-state index contributed by atoms with van der Waals surface area (Å²) in [5, 5.41) is 6.04. The lowest BCUT2D eigenvalue weighted by Gasteiger charge is -2.32. The summed E-state index contributed by atoms with van der Waals surface area (Å²) in [6.45, 7) is 0. The van der Waals surface area contributed by atoms with Crippen molar-refractivity contribution in [2.45, 2.75) is 5.41 Å². The first-order valence-electron chi connectivity index (χ1n) is 19.6. The molecule has 264 valence electrons. The van der Waals surface area contributed by atoms with E-state index in [0.29, 0.717) is 0 Å². The minimum atomic E-state index is -0.417. The van der Waals surface area contributed by atoms with E-state index in [1.165, 1.54) is 87.6 Å². The molecule has 13 rings (SSSR count). The minimum absolute atomic E-state index is 0.417. The molecule has 0 saturated heterocycles. The van der Waals surface area contributed by atoms with Crippen molar-refractivity contribution < 1.29 is 0 Å². The lowest BCUT2D eigenvalue weighted by molar-refractivity contribution is 0.793. The van der Waals surface area contributed by atoms with Crippen molar-refractivity contribution in [2.24, 2.45) is 0 Å². The smallest absolute Gasteiger partial charge is 0.125 e. The van der Waals surface area contributed by atoms with Gasteiger partial charge in [-0.1, -0.05) is 158 Å². The molecule has 1 heterocycles. The second-order valence-corrected chi connectivity index (χ2v) is 16.4. The van der Waals surface area contributed by atoms with Gasteiger partial charge in [0, 0.05) is 33.8 Å². The van der Waals surface area contributed by atoms with E-state index in [9.17, 15) is 0 Å². The lowest BCUT2D eigenvalue weighted by Crippen LogP contribution is -2.26. The summed E-state index contributed by atoms with van der Waals surface area (Å²) < 4.78 is 0. The minimum Gasteiger partial charge on any atom is -0.310 e. The van der Waals surface area contributed by atoms with Crippen LogP contribution in [0.1, 0.15) is 22.3 Å². The Morgan fingerprint density at radius 1 is 0.386 bits per heavy atom. The van der Waals surface area contributed by atoms with Gasteiger partial charge in [-0.25, -0.2) is 4.98 Å². The molecular weight excluding hydrogens is 709 g/mol. The van der Waals surface area contributed by atoms with Gasteiger partial charge in [0.25, 0.3) is 0 Å². The zero-order valence-electron chi connectivity index (χ0n) is 30.8. The van der Waals surface area contributed by atoms with E-state index >= 15 is 0 Å². The summed E-state index contributed by atoms with van der Waals surface area (Å²) in [6.07, 6.45) is 0. The average molecular weight is 741 g/mol. The molecule has 3 aliphatic rings. The van der Waals surface area contributed by atoms with Gasteiger partial charge >= 0.3 is 0 Å². The number of thiazole rings is 1. The Morgan fingerprint density at radius 2 is 0.965 bits per heavy atom. The van der Waals surface area contributed by atoms with Crippen molar-refractivity contribution in [3.05, 3.63) is 216 Å². The van der Waals surface area contributed by atoms with Crippen LogP contribution in [0.3, 0.4) is 0 Å². The van der Waals surface area contributed by atoms with Crippen LogP contribution in [0, 0.1) is 0 Å². The van der Waals surface area contributed by atoms with E-state index in [1.54, 1.807) is 0 Å². The Kier molecular flexibility index (Phi) is 6.28. The largest absolute Gasteiger partial charge is 0.310 e. The van der Waals surface area contributed by atoms with Crippen LogP contribution in [0.2, 0.25) is 0 Å². The number of rotatable bonds is 4. The van der Waals surface area contributed by atoms with Gasteiger partial charge in [-0.2, -0.15) is 0 Å². The first-order chi connectivity index (χ1) is 28.3. The number of hydrogen-bond donors (Lipinski definition) is 0. The molecule has 9 aromatic carbocycles. The van der Waals surface area contributed by atoms with Crippen molar-refractivity contribution in [3.8, 4) is 54.5 Å². The van der Waals surface area contributed by atoms with Crippen molar-refractivity contribution in [3.63, 3.8) is 0 Å². The third kappa shape index (κ3) is 4.11. The fourth-order valence-corrected chi connectivity index (χ4v) is 11.5. The summed E-state index contributed by atoms with van der Waals surface area (Å²) in [6, 6.07) is 71.8. The van der Waals surface area contributed by atoms with Crippen LogP contribution in [-0.4, -0.2) is 4.98 Å². The molecule has 3 heteroatoms. The van der Waals surface area contributed by atoms with E-state index in [-0.39, 0.29) is 0 Å². The Balaban J connectivity index is 1.04. The number of aromatic nitrogens is 1. The third-order valence-electron chi connectivity index (χ3n) is 12.6. The van der Waals surface area contributed by atoms with Crippen LogP contribution < -0.4 is 4.90 Å². The van der Waals surface area contributed by atoms with Crippen LogP contribution in [0.5, 0.6) is 0 Å². The van der Waals surface area contributed by atoms with E-state index in [1.807, 2.05) is 11.3 Å². The van der Waals surface area contributed by atoms with Gasteiger partial charge in [0.15, 0.2) is 0 Å². The number of fused-ring (bicyclic) bond motifs is 14. The fourth-order valence-electron chi connectivity index (χ4n) is 10.4. The maximum Gasteiger partial charge on any atom is 0.125 e. The molecule has 0 fully saturated rings. The van der Waals surface area contributed by atoms with E-state index in [4.69, 9.17) is 4.98 Å². The SMILES string of the molecule is c1ccc(N(c2ccc3c(c2)C2(c4ccccc4-c4ccccc42)c2ccccc2-3)c2cc3c4c(cccc4c2)-c2nc(-c4cccc5ccccc45)sc2-3)cc1. The quantitative estimate of drug-likeness (QED) is 0.179. The highest BCUT2D eigenvalue weighted by Gasteiger charge is 2.51. The fraction of sp³-hybridized carbons (Fsp3) is 0.0185. The number of nitrogens with zero attached hydrogens (tertiary/aromatic N) is 2. The average Bonchev–Trinajstić information content (AvgIpc) is 4.00. The zero-order valence-corrected chi connectivity index (χ0v) is 31.6. The Hall–Kier alpha value is -7.07. The van der Waals surface area contributed by atoms with Gasteiger partial charge in [-0.15, -0.1) is 11.3 Å². The summed E-state index contributed by atoms with van der Waals surface area (Å²) >= 11 is 1.81. The summed E-state index contributed by atoms with van der Waals surface area (Å²) in [5.41, 5.74) is 18.3. The Bertz CT molecular complexity index is 3250. The lowest BCUT2D eigenvalue weighted by atomic mass is 9.70. The molecule has 2 nitrogen and oxygen atoms in total. The highest BCUT2D eigenvalue weighted by molar-refractivity contribution is 7.19. The first-order valence-corrected chi connectivity index (χ1v) is 20.4. The molecule has 1 aromatic heterocycles. The first kappa shape index (κ1) is 31.2. The van der Waals surface area contributed by atoms with Gasteiger partial charge in [-0.3, -0.25) is 0 Å². The zero-order chi connectivity index (χ0) is 37.2. The molecule has 1 spiro atoms. The van der Waals surface area contributed by atoms with E-state index in [2.05, 4.69) is 199 Å². The highest BCUT2D eigenvalue weighted by Crippen LogP contribution is 2.63. The van der Waals surface area contributed by atoms with Crippen LogP contribution in [0.15, 0.2) is 194 Å². The van der Waals surface area contributed by atoms with Gasteiger partial charge in [0.2, 0.25) is 0 Å². The predicted octanol–water partition coefficient (Wildman–Crippen LogP) is 14.6. The normalized spacial score (nSPS) is 13.4. The molecule has 0 bridgehead atoms. The van der Waals surface area contributed by atoms with Crippen LogP contribution in [-0.2, 0) is 5.41 Å². The number of hydrogen-bond acceptors (Lipinski definition) is 3. The number of benzene rings is 9. The number of para-hydroxylation sites is 1. The van der Waals surface area contributed by atoms with Crippen molar-refractivity contribution in [1.82, 2.24) is 4.98 Å². The molecule has 0 atom stereocenters. The van der Waals surface area contributed by atoms with E-state index in [0.717, 1.165) is 27.8 Å². The van der Waals surface area contributed by atoms with Crippen molar-refractivity contribution >= 4 is 49.9 Å². The maximum absolute atomic E-state index is 5.38. The van der Waals surface area contributed by atoms with Crippen molar-refractivity contribution in [1.29, 1.82) is 0 Å². The molecule has 0 saturated carbocycles. The van der Waals surface area contributed by atoms with Crippen LogP contribution in [0.25, 0.3) is 76.1 Å². The van der Waals surface area contributed by atoms with Gasteiger partial charge < -0.3 is 4.90 Å². The molecule has 0 amide bonds. The van der Waals surface area contributed by atoms with E-state index < -0.39 is 5.41 Å². The molecule has 10 aromatic rings. The standard InChI is InChI=1S/C54H32N2S/c1-2-17-35(18-3-1)56(36-28-29-42-41-22-8-11-27-48(41)54(49(42)32-36)46-25-9-6-20-39(46)40-21-7-10-26-47(40)54)37-30-34-16-13-24-44-50(34)45(31-37)52-51(44)55-53(57-52)43-23-12-15-33-14-4-5-19-38(33)43/h1-32H. The van der Waals surface area contributed by atoms with Crippen molar-refractivity contribution in [2.75, 3.05) is 4.90 Å². The van der Waals surface area contributed by atoms with Crippen LogP contribution in [0.4, 0.5) is 17.1 Å². The molecular formula is C54H32N2S.